The van der Waals surface area contributed by atoms with Crippen LogP contribution < -0.4 is 10.4 Å². The van der Waals surface area contributed by atoms with E-state index in [1.165, 1.54) is 24.0 Å². The number of amides is 1. The fourth-order valence-electron chi connectivity index (χ4n) is 7.12. The average molecular weight is 559 g/mol. The molecule has 1 N–H and O–H groups in total. The highest BCUT2D eigenvalue weighted by molar-refractivity contribution is 8.02. The van der Waals surface area contributed by atoms with Crippen molar-refractivity contribution >= 4 is 41.2 Å². The molecule has 1 spiro atoms. The van der Waals surface area contributed by atoms with Crippen molar-refractivity contribution in [3.05, 3.63) is 92.9 Å². The molecule has 0 saturated carbocycles. The number of carbonyl (C=O) groups excluding carboxylic acids is 1. The standard InChI is InChI=1S/C27H26B3F2N3O4S/c28-26(14-3-1-2-4-18(14)40-27(29,30)20-15(26)5-6-16(31)21(20)32)35-19-11-25(12-39-13-25)8-10-33(19)24(38)22-23(37)17(36)7-9-34(22)35/h1-7,9,19,37H,8,10-13,28-30H2/t19-,26+/m1/s1. The SMILES string of the molecule is BC1(B)Sc2ccccc2[C@](B)(N2[C@@H]3CC4(CCN3C(=O)c3c(O)c(=O)ccn32)COC4)c2ccc(F)c(F)c21. The fourth-order valence-corrected chi connectivity index (χ4v) is 8.50. The molecular weight excluding hydrogens is 533 g/mol. The van der Waals surface area contributed by atoms with Crippen molar-refractivity contribution in [2.75, 3.05) is 24.8 Å². The maximum absolute atomic E-state index is 15.9. The van der Waals surface area contributed by atoms with Crippen LogP contribution in [-0.2, 0) is 14.7 Å². The van der Waals surface area contributed by atoms with Crippen molar-refractivity contribution in [1.82, 2.24) is 9.58 Å². The molecule has 5 heterocycles. The Balaban J connectivity index is 1.59. The summed E-state index contributed by atoms with van der Waals surface area (Å²) in [5.74, 6) is -2.90. The second-order valence-corrected chi connectivity index (χ2v) is 13.6. The van der Waals surface area contributed by atoms with E-state index in [0.717, 1.165) is 22.9 Å². The number of halogens is 2. The van der Waals surface area contributed by atoms with Crippen LogP contribution in [0.5, 0.6) is 5.75 Å². The predicted octanol–water partition coefficient (Wildman–Crippen LogP) is 0.379. The van der Waals surface area contributed by atoms with Crippen LogP contribution in [0.3, 0.4) is 0 Å². The van der Waals surface area contributed by atoms with Gasteiger partial charge < -0.3 is 14.7 Å². The fraction of sp³-hybridized carbons (Fsp3) is 0.333. The van der Waals surface area contributed by atoms with Crippen molar-refractivity contribution < 1.29 is 23.4 Å². The number of ether oxygens (including phenoxy) is 1. The Morgan fingerprint density at radius 3 is 2.50 bits per heavy atom. The third-order valence-electron chi connectivity index (χ3n) is 9.16. The molecule has 0 bridgehead atoms. The topological polar surface area (TPSA) is 75.0 Å². The van der Waals surface area contributed by atoms with Crippen LogP contribution in [0, 0.1) is 17.0 Å². The van der Waals surface area contributed by atoms with E-state index in [2.05, 4.69) is 0 Å². The summed E-state index contributed by atoms with van der Waals surface area (Å²) in [5.41, 5.74) is -0.422. The van der Waals surface area contributed by atoms with Crippen LogP contribution in [0.2, 0.25) is 0 Å². The number of aromatic nitrogens is 1. The lowest BCUT2D eigenvalue weighted by molar-refractivity contribution is -0.150. The Bertz CT molecular complexity index is 1670. The van der Waals surface area contributed by atoms with E-state index < -0.39 is 44.9 Å². The molecule has 4 aliphatic rings. The molecule has 2 atom stereocenters. The molecule has 0 aliphatic carbocycles. The van der Waals surface area contributed by atoms with E-state index in [4.69, 9.17) is 4.74 Å². The van der Waals surface area contributed by atoms with Gasteiger partial charge in [-0.2, -0.15) is 0 Å². The largest absolute Gasteiger partial charge is 0.502 e. The number of aromatic hydroxyl groups is 1. The molecule has 2 saturated heterocycles. The van der Waals surface area contributed by atoms with Gasteiger partial charge in [-0.25, -0.2) is 8.78 Å². The predicted molar refractivity (Wildman–Crippen MR) is 155 cm³/mol. The molecule has 0 radical (unpaired) electrons. The lowest BCUT2D eigenvalue weighted by atomic mass is 9.58. The van der Waals surface area contributed by atoms with Crippen LogP contribution in [-0.4, -0.2) is 70.1 Å². The molecule has 0 unspecified atom stereocenters. The van der Waals surface area contributed by atoms with Gasteiger partial charge in [0.05, 0.1) is 18.7 Å². The van der Waals surface area contributed by atoms with Crippen LogP contribution in [0.4, 0.5) is 8.78 Å². The maximum atomic E-state index is 15.9. The minimum Gasteiger partial charge on any atom is -0.502 e. The summed E-state index contributed by atoms with van der Waals surface area (Å²) < 4.78 is 37.1. The zero-order chi connectivity index (χ0) is 28.2. The summed E-state index contributed by atoms with van der Waals surface area (Å²) in [6, 6.07) is 11.8. The molecule has 1 aromatic heterocycles. The number of thioether (sulfide) groups is 1. The van der Waals surface area contributed by atoms with Gasteiger partial charge in [0, 0.05) is 29.1 Å². The summed E-state index contributed by atoms with van der Waals surface area (Å²) in [7, 11) is 5.71. The summed E-state index contributed by atoms with van der Waals surface area (Å²) in [5, 5.41) is 12.9. The van der Waals surface area contributed by atoms with E-state index in [-0.39, 0.29) is 16.7 Å². The van der Waals surface area contributed by atoms with Gasteiger partial charge in [0.2, 0.25) is 5.43 Å². The minimum absolute atomic E-state index is 0.121. The van der Waals surface area contributed by atoms with E-state index in [0.29, 0.717) is 31.7 Å². The lowest BCUT2D eigenvalue weighted by Crippen LogP contribution is -2.72. The van der Waals surface area contributed by atoms with Gasteiger partial charge in [0.15, 0.2) is 23.1 Å². The molecule has 7 nitrogen and oxygen atoms in total. The Morgan fingerprint density at radius 2 is 1.77 bits per heavy atom. The van der Waals surface area contributed by atoms with Gasteiger partial charge in [-0.1, -0.05) is 24.3 Å². The summed E-state index contributed by atoms with van der Waals surface area (Å²) in [4.78, 5) is 29.0. The Morgan fingerprint density at radius 1 is 1.02 bits per heavy atom. The summed E-state index contributed by atoms with van der Waals surface area (Å²) in [6.07, 6.45) is 2.30. The van der Waals surface area contributed by atoms with Crippen molar-refractivity contribution in [3.63, 3.8) is 0 Å². The molecule has 3 aromatic rings. The van der Waals surface area contributed by atoms with Crippen molar-refractivity contribution in [2.24, 2.45) is 5.41 Å². The van der Waals surface area contributed by atoms with Gasteiger partial charge in [0.1, 0.15) is 29.7 Å². The van der Waals surface area contributed by atoms with Crippen molar-refractivity contribution in [1.29, 1.82) is 0 Å². The maximum Gasteiger partial charge on any atom is 0.278 e. The summed E-state index contributed by atoms with van der Waals surface area (Å²) in [6.45, 7) is 1.57. The van der Waals surface area contributed by atoms with Gasteiger partial charge in [-0.15, -0.1) is 11.8 Å². The second kappa shape index (κ2) is 8.42. The Hall–Kier alpha value is -3.18. The Kier molecular flexibility index (Phi) is 5.43. The van der Waals surface area contributed by atoms with E-state index in [1.807, 2.05) is 52.8 Å². The second-order valence-electron chi connectivity index (χ2n) is 12.0. The molecule has 2 aromatic carbocycles. The van der Waals surface area contributed by atoms with Gasteiger partial charge in [-0.3, -0.25) is 19.3 Å². The monoisotopic (exact) mass is 559 g/mol. The quantitative estimate of drug-likeness (QED) is 0.436. The van der Waals surface area contributed by atoms with E-state index >= 15 is 4.39 Å². The first-order chi connectivity index (χ1) is 19.0. The average Bonchev–Trinajstić information content (AvgIpc) is 2.97. The highest BCUT2D eigenvalue weighted by Crippen LogP contribution is 2.54. The Labute approximate surface area is 236 Å². The van der Waals surface area contributed by atoms with Gasteiger partial charge in [0.25, 0.3) is 5.91 Å². The first-order valence-electron chi connectivity index (χ1n) is 13.4. The molecular formula is C27H26B3F2N3O4S. The zero-order valence-corrected chi connectivity index (χ0v) is 23.2. The smallest absolute Gasteiger partial charge is 0.278 e. The molecule has 7 rings (SSSR count). The molecule has 4 aliphatic heterocycles. The molecule has 2 fully saturated rings. The number of rotatable bonds is 1. The molecule has 1 amide bonds. The van der Waals surface area contributed by atoms with Gasteiger partial charge >= 0.3 is 0 Å². The number of pyridine rings is 1. The van der Waals surface area contributed by atoms with Crippen molar-refractivity contribution in [3.8, 4) is 5.75 Å². The first kappa shape index (κ1) is 25.8. The number of piperidine rings is 1. The molecule has 40 heavy (non-hydrogen) atoms. The third-order valence-corrected chi connectivity index (χ3v) is 10.5. The number of hydrogen-bond donors (Lipinski definition) is 1. The lowest BCUT2D eigenvalue weighted by Gasteiger charge is -2.60. The van der Waals surface area contributed by atoms with Crippen LogP contribution in [0.1, 0.15) is 40.0 Å². The number of carbonyl (C=O) groups is 1. The zero-order valence-electron chi connectivity index (χ0n) is 22.4. The first-order valence-corrected chi connectivity index (χ1v) is 14.2. The molecule has 13 heteroatoms. The highest BCUT2D eigenvalue weighted by Gasteiger charge is 2.57. The number of benzene rings is 2. The van der Waals surface area contributed by atoms with E-state index in [9.17, 15) is 19.1 Å². The van der Waals surface area contributed by atoms with Crippen LogP contribution in [0.15, 0.2) is 58.4 Å². The van der Waals surface area contributed by atoms with Crippen LogP contribution >= 0.6 is 11.8 Å². The number of hydrogen-bond acceptors (Lipinski definition) is 6. The number of fused-ring (bicyclic) bond motifs is 4. The third kappa shape index (κ3) is 3.30. The van der Waals surface area contributed by atoms with Crippen LogP contribution in [0.25, 0.3) is 0 Å². The molecule has 202 valence electrons. The normalized spacial score (nSPS) is 25.8. The van der Waals surface area contributed by atoms with E-state index in [1.54, 1.807) is 15.6 Å². The van der Waals surface area contributed by atoms with Crippen molar-refractivity contribution in [2.45, 2.75) is 33.9 Å². The highest BCUT2D eigenvalue weighted by atomic mass is 32.2. The van der Waals surface area contributed by atoms with Gasteiger partial charge in [-0.05, 0) is 46.2 Å². The minimum atomic E-state index is -1.15. The summed E-state index contributed by atoms with van der Waals surface area (Å²) >= 11 is 1.46. The number of nitrogens with zero attached hydrogens (tertiary/aromatic N) is 3.